The van der Waals surface area contributed by atoms with Crippen molar-refractivity contribution < 1.29 is 4.39 Å². The fourth-order valence-corrected chi connectivity index (χ4v) is 1.92. The number of fused-ring (bicyclic) bond motifs is 1. The molecule has 0 aliphatic carbocycles. The first-order chi connectivity index (χ1) is 9.13. The van der Waals surface area contributed by atoms with Gasteiger partial charge in [0.2, 0.25) is 0 Å². The van der Waals surface area contributed by atoms with Crippen molar-refractivity contribution in [1.29, 1.82) is 0 Å². The topological polar surface area (TPSA) is 68.2 Å². The molecule has 0 atom stereocenters. The van der Waals surface area contributed by atoms with Gasteiger partial charge in [-0.05, 0) is 18.2 Å². The molecule has 3 aromatic rings. The minimum absolute atomic E-state index is 0.320. The Morgan fingerprint density at radius 1 is 1.37 bits per heavy atom. The zero-order chi connectivity index (χ0) is 13.4. The second-order valence-corrected chi connectivity index (χ2v) is 4.33. The lowest BCUT2D eigenvalue weighted by atomic mass is 10.3. The van der Waals surface area contributed by atoms with E-state index < -0.39 is 5.82 Å². The van der Waals surface area contributed by atoms with Gasteiger partial charge in [-0.1, -0.05) is 11.6 Å². The van der Waals surface area contributed by atoms with Gasteiger partial charge >= 0.3 is 0 Å². The lowest BCUT2D eigenvalue weighted by Gasteiger charge is -2.09. The van der Waals surface area contributed by atoms with Crippen LogP contribution in [0.1, 0.15) is 0 Å². The summed E-state index contributed by atoms with van der Waals surface area (Å²) in [6.07, 6.45) is 5.00. The first-order valence-electron chi connectivity index (χ1n) is 5.45. The molecule has 0 saturated carbocycles. The van der Waals surface area contributed by atoms with Gasteiger partial charge in [0.15, 0.2) is 11.5 Å². The molecule has 5 nitrogen and oxygen atoms in total. The Balaban J connectivity index is 2.10. The molecule has 0 radical (unpaired) electrons. The van der Waals surface area contributed by atoms with Gasteiger partial charge in [0.25, 0.3) is 0 Å². The van der Waals surface area contributed by atoms with Crippen LogP contribution in [0.25, 0.3) is 5.65 Å². The summed E-state index contributed by atoms with van der Waals surface area (Å²) in [5.74, 6) is 0.341. The number of nitrogens with zero attached hydrogens (tertiary/aromatic N) is 3. The van der Waals surface area contributed by atoms with E-state index in [1.165, 1.54) is 18.2 Å². The quantitative estimate of drug-likeness (QED) is 0.756. The van der Waals surface area contributed by atoms with E-state index in [0.717, 1.165) is 0 Å². The Kier molecular flexibility index (Phi) is 2.72. The molecule has 96 valence electrons. The highest BCUT2D eigenvalue weighted by Crippen LogP contribution is 2.27. The van der Waals surface area contributed by atoms with Crippen LogP contribution in [0.5, 0.6) is 0 Å². The zero-order valence-corrected chi connectivity index (χ0v) is 10.4. The van der Waals surface area contributed by atoms with Crippen molar-refractivity contribution in [3.05, 3.63) is 47.6 Å². The van der Waals surface area contributed by atoms with Crippen LogP contribution in [0.3, 0.4) is 0 Å². The van der Waals surface area contributed by atoms with Gasteiger partial charge in [0.1, 0.15) is 11.6 Å². The van der Waals surface area contributed by atoms with Crippen LogP contribution in [0.2, 0.25) is 5.02 Å². The number of rotatable bonds is 2. The predicted molar refractivity (Wildman–Crippen MR) is 72.1 cm³/mol. The molecular weight excluding hydrogens is 269 g/mol. The molecular formula is C12H9ClFN5. The highest BCUT2D eigenvalue weighted by Gasteiger charge is 2.09. The molecule has 19 heavy (non-hydrogen) atoms. The fraction of sp³-hybridized carbons (Fsp3) is 0. The molecule has 0 unspecified atom stereocenters. The molecule has 3 N–H and O–H groups in total. The maximum Gasteiger partial charge on any atom is 0.180 e. The van der Waals surface area contributed by atoms with Crippen LogP contribution in [-0.2, 0) is 0 Å². The molecule has 0 aliphatic rings. The second-order valence-electron chi connectivity index (χ2n) is 3.92. The Labute approximate surface area is 112 Å². The molecule has 3 rings (SSSR count). The second kappa shape index (κ2) is 4.40. The molecule has 1 aromatic carbocycles. The summed E-state index contributed by atoms with van der Waals surface area (Å²) >= 11 is 6.00. The highest BCUT2D eigenvalue weighted by atomic mass is 35.5. The van der Waals surface area contributed by atoms with E-state index in [9.17, 15) is 4.39 Å². The molecule has 0 saturated heterocycles. The predicted octanol–water partition coefficient (Wildman–Crippen LogP) is 2.85. The zero-order valence-electron chi connectivity index (χ0n) is 9.64. The van der Waals surface area contributed by atoms with Crippen molar-refractivity contribution in [3.63, 3.8) is 0 Å². The summed E-state index contributed by atoms with van der Waals surface area (Å²) in [4.78, 5) is 8.30. The van der Waals surface area contributed by atoms with E-state index in [-0.39, 0.29) is 0 Å². The third-order valence-electron chi connectivity index (χ3n) is 2.57. The summed E-state index contributed by atoms with van der Waals surface area (Å²) in [6.45, 7) is 0. The molecule has 2 heterocycles. The summed E-state index contributed by atoms with van der Waals surface area (Å²) < 4.78 is 14.9. The van der Waals surface area contributed by atoms with Gasteiger partial charge in [-0.2, -0.15) is 0 Å². The summed E-state index contributed by atoms with van der Waals surface area (Å²) in [5, 5.41) is 3.32. The van der Waals surface area contributed by atoms with Crippen molar-refractivity contribution in [2.24, 2.45) is 0 Å². The first-order valence-corrected chi connectivity index (χ1v) is 5.82. The lowest BCUT2D eigenvalue weighted by Crippen LogP contribution is -2.02. The van der Waals surface area contributed by atoms with Gasteiger partial charge in [-0.15, -0.1) is 0 Å². The van der Waals surface area contributed by atoms with Gasteiger partial charge in [0.05, 0.1) is 16.9 Å². The normalized spacial score (nSPS) is 10.8. The van der Waals surface area contributed by atoms with Crippen LogP contribution in [-0.4, -0.2) is 14.4 Å². The Hall–Kier alpha value is -2.34. The van der Waals surface area contributed by atoms with Gasteiger partial charge < -0.3 is 15.5 Å². The largest absolute Gasteiger partial charge is 0.382 e. The number of benzene rings is 1. The number of nitrogens with one attached hydrogen (secondary N) is 1. The number of nitrogen functional groups attached to an aromatic ring is 1. The fourth-order valence-electron chi connectivity index (χ4n) is 1.76. The molecule has 7 heteroatoms. The number of hydrogen-bond acceptors (Lipinski definition) is 4. The number of hydrogen-bond donors (Lipinski definition) is 2. The number of halogens is 2. The van der Waals surface area contributed by atoms with Crippen LogP contribution in [0.4, 0.5) is 21.7 Å². The van der Waals surface area contributed by atoms with Gasteiger partial charge in [-0.25, -0.2) is 14.4 Å². The Bertz CT molecular complexity index is 755. The third-order valence-corrected chi connectivity index (χ3v) is 2.90. The average molecular weight is 278 g/mol. The molecule has 0 amide bonds. The minimum atomic E-state index is -0.393. The van der Waals surface area contributed by atoms with Gasteiger partial charge in [-0.3, -0.25) is 0 Å². The smallest absolute Gasteiger partial charge is 0.180 e. The minimum Gasteiger partial charge on any atom is -0.382 e. The summed E-state index contributed by atoms with van der Waals surface area (Å²) in [7, 11) is 0. The molecule has 0 aliphatic heterocycles. The molecule has 0 bridgehead atoms. The van der Waals surface area contributed by atoms with E-state index in [0.29, 0.717) is 28.0 Å². The standard InChI is InChI=1S/C12H9ClFN5/c13-8-2-1-7(14)5-9(8)17-11-12-16-3-4-19(12)6-10(15)18-11/h1-6H,15H2,(H,17,18). The van der Waals surface area contributed by atoms with Crippen LogP contribution < -0.4 is 11.1 Å². The van der Waals surface area contributed by atoms with Crippen LogP contribution in [0.15, 0.2) is 36.8 Å². The first kappa shape index (κ1) is 11.7. The highest BCUT2D eigenvalue weighted by molar-refractivity contribution is 6.33. The SMILES string of the molecule is Nc1cn2ccnc2c(Nc2cc(F)ccc2Cl)n1. The molecule has 0 fully saturated rings. The monoisotopic (exact) mass is 277 g/mol. The van der Waals surface area contributed by atoms with Crippen molar-refractivity contribution in [2.45, 2.75) is 0 Å². The van der Waals surface area contributed by atoms with E-state index >= 15 is 0 Å². The lowest BCUT2D eigenvalue weighted by molar-refractivity contribution is 0.628. The number of imidazole rings is 1. The Morgan fingerprint density at radius 3 is 3.05 bits per heavy atom. The van der Waals surface area contributed by atoms with E-state index in [1.807, 2.05) is 0 Å². The maximum absolute atomic E-state index is 13.2. The summed E-state index contributed by atoms with van der Waals surface area (Å²) in [5.41, 5.74) is 6.68. The number of nitrogens with two attached hydrogens (primary N) is 1. The van der Waals surface area contributed by atoms with E-state index in [2.05, 4.69) is 15.3 Å². The van der Waals surface area contributed by atoms with Crippen molar-refractivity contribution >= 4 is 34.6 Å². The van der Waals surface area contributed by atoms with E-state index in [1.54, 1.807) is 23.0 Å². The average Bonchev–Trinajstić information content (AvgIpc) is 2.82. The van der Waals surface area contributed by atoms with Crippen LogP contribution in [0, 0.1) is 5.82 Å². The maximum atomic E-state index is 13.2. The van der Waals surface area contributed by atoms with Crippen molar-refractivity contribution in [1.82, 2.24) is 14.4 Å². The summed E-state index contributed by atoms with van der Waals surface area (Å²) in [6, 6.07) is 4.03. The number of anilines is 3. The molecule has 2 aromatic heterocycles. The third kappa shape index (κ3) is 2.17. The number of aromatic nitrogens is 3. The Morgan fingerprint density at radius 2 is 2.21 bits per heavy atom. The van der Waals surface area contributed by atoms with Crippen LogP contribution >= 0.6 is 11.6 Å². The molecule has 0 spiro atoms. The van der Waals surface area contributed by atoms with Crippen molar-refractivity contribution in [2.75, 3.05) is 11.1 Å². The van der Waals surface area contributed by atoms with Gasteiger partial charge in [0, 0.05) is 12.4 Å². The van der Waals surface area contributed by atoms with E-state index in [4.69, 9.17) is 17.3 Å². The van der Waals surface area contributed by atoms with Crippen molar-refractivity contribution in [3.8, 4) is 0 Å².